The number of hydrogen-bond acceptors (Lipinski definition) is 3. The van der Waals surface area contributed by atoms with Crippen LogP contribution in [0, 0.1) is 5.82 Å². The van der Waals surface area contributed by atoms with Gasteiger partial charge < -0.3 is 14.5 Å². The topological polar surface area (TPSA) is 49.9 Å². The van der Waals surface area contributed by atoms with E-state index in [1.807, 2.05) is 17.0 Å². The first kappa shape index (κ1) is 21.7. The zero-order chi connectivity index (χ0) is 22.8. The molecule has 0 spiro atoms. The second-order valence-corrected chi connectivity index (χ2v) is 9.16. The Morgan fingerprint density at radius 1 is 1.00 bits per heavy atom. The molecule has 5 rings (SSSR count). The van der Waals surface area contributed by atoms with E-state index < -0.39 is 0 Å². The van der Waals surface area contributed by atoms with Gasteiger partial charge in [-0.25, -0.2) is 4.39 Å². The Labute approximate surface area is 193 Å². The van der Waals surface area contributed by atoms with Crippen LogP contribution in [0.3, 0.4) is 0 Å². The van der Waals surface area contributed by atoms with E-state index in [4.69, 9.17) is 4.74 Å². The van der Waals surface area contributed by atoms with Gasteiger partial charge in [-0.15, -0.1) is 0 Å². The van der Waals surface area contributed by atoms with Crippen molar-refractivity contribution in [3.05, 3.63) is 76.8 Å². The monoisotopic (exact) mass is 448 g/mol. The van der Waals surface area contributed by atoms with E-state index in [2.05, 4.69) is 0 Å². The van der Waals surface area contributed by atoms with Crippen molar-refractivity contribution in [3.8, 4) is 0 Å². The van der Waals surface area contributed by atoms with Gasteiger partial charge in [-0.2, -0.15) is 0 Å². The number of morpholine rings is 1. The summed E-state index contributed by atoms with van der Waals surface area (Å²) in [6.07, 6.45) is 7.62. The van der Waals surface area contributed by atoms with Gasteiger partial charge in [0.1, 0.15) is 11.9 Å². The molecule has 5 nitrogen and oxygen atoms in total. The summed E-state index contributed by atoms with van der Waals surface area (Å²) in [4.78, 5) is 29.7. The molecule has 6 heteroatoms. The van der Waals surface area contributed by atoms with E-state index >= 15 is 0 Å². The highest BCUT2D eigenvalue weighted by Crippen LogP contribution is 2.34. The van der Waals surface area contributed by atoms with Gasteiger partial charge in [0.15, 0.2) is 5.76 Å². The molecule has 3 aliphatic rings. The summed E-state index contributed by atoms with van der Waals surface area (Å²) < 4.78 is 20.5. The van der Waals surface area contributed by atoms with Gasteiger partial charge in [0, 0.05) is 30.8 Å². The summed E-state index contributed by atoms with van der Waals surface area (Å²) in [5, 5.41) is 0. The molecule has 172 valence electrons. The van der Waals surface area contributed by atoms with Gasteiger partial charge in [-0.05, 0) is 61.9 Å². The first-order valence-electron chi connectivity index (χ1n) is 11.9. The van der Waals surface area contributed by atoms with Gasteiger partial charge in [0.2, 0.25) is 0 Å². The Kier molecular flexibility index (Phi) is 6.16. The second-order valence-electron chi connectivity index (χ2n) is 9.16. The number of hydrogen-bond donors (Lipinski definition) is 0. The van der Waals surface area contributed by atoms with E-state index in [9.17, 15) is 14.0 Å². The van der Waals surface area contributed by atoms with Crippen molar-refractivity contribution in [1.82, 2.24) is 9.80 Å². The van der Waals surface area contributed by atoms with Crippen LogP contribution in [0.1, 0.15) is 60.0 Å². The summed E-state index contributed by atoms with van der Waals surface area (Å²) in [6.45, 7) is 1.86. The van der Waals surface area contributed by atoms with Gasteiger partial charge in [0.05, 0.1) is 6.04 Å². The molecule has 2 unspecified atom stereocenters. The molecule has 0 N–H and O–H groups in total. The molecule has 2 aliphatic heterocycles. The van der Waals surface area contributed by atoms with Crippen molar-refractivity contribution in [3.63, 3.8) is 0 Å². The quantitative estimate of drug-likeness (QED) is 0.633. The number of rotatable bonds is 4. The van der Waals surface area contributed by atoms with Crippen LogP contribution in [0.2, 0.25) is 0 Å². The summed E-state index contributed by atoms with van der Waals surface area (Å²) in [5.74, 6) is -0.169. The van der Waals surface area contributed by atoms with Crippen LogP contribution in [-0.4, -0.2) is 46.8 Å². The van der Waals surface area contributed by atoms with E-state index in [0.717, 1.165) is 57.2 Å². The molecular formula is C27H29FN2O3. The van der Waals surface area contributed by atoms with Crippen molar-refractivity contribution < 1.29 is 18.7 Å². The largest absolute Gasteiger partial charge is 0.482 e. The highest BCUT2D eigenvalue weighted by Gasteiger charge is 2.41. The van der Waals surface area contributed by atoms with Gasteiger partial charge >= 0.3 is 0 Å². The molecule has 2 amide bonds. The van der Waals surface area contributed by atoms with Crippen LogP contribution in [0.25, 0.3) is 6.08 Å². The maximum atomic E-state index is 14.3. The number of fused-ring (bicyclic) bond motifs is 1. The molecule has 2 heterocycles. The Balaban J connectivity index is 1.38. The molecular weight excluding hydrogens is 419 g/mol. The number of benzene rings is 2. The summed E-state index contributed by atoms with van der Waals surface area (Å²) in [7, 11) is 0. The maximum absolute atomic E-state index is 14.3. The molecule has 1 saturated carbocycles. The maximum Gasteiger partial charge on any atom is 0.289 e. The Bertz CT molecular complexity index is 1060. The van der Waals surface area contributed by atoms with Crippen molar-refractivity contribution in [2.75, 3.05) is 13.1 Å². The zero-order valence-corrected chi connectivity index (χ0v) is 18.7. The highest BCUT2D eigenvalue weighted by atomic mass is 19.1. The fourth-order valence-corrected chi connectivity index (χ4v) is 5.15. The highest BCUT2D eigenvalue weighted by molar-refractivity contribution is 5.97. The van der Waals surface area contributed by atoms with Crippen molar-refractivity contribution in [2.45, 2.75) is 57.2 Å². The van der Waals surface area contributed by atoms with E-state index in [1.165, 1.54) is 6.07 Å². The van der Waals surface area contributed by atoms with Crippen molar-refractivity contribution in [2.24, 2.45) is 0 Å². The normalized spacial score (nSPS) is 24.0. The summed E-state index contributed by atoms with van der Waals surface area (Å²) in [5.41, 5.74) is 1.97. The van der Waals surface area contributed by atoms with E-state index in [1.54, 1.807) is 41.3 Å². The minimum Gasteiger partial charge on any atom is -0.482 e. The Morgan fingerprint density at radius 2 is 1.73 bits per heavy atom. The average Bonchev–Trinajstić information content (AvgIpc) is 3.38. The first-order valence-corrected chi connectivity index (χ1v) is 11.9. The average molecular weight is 449 g/mol. The van der Waals surface area contributed by atoms with Crippen LogP contribution in [-0.2, 0) is 16.1 Å². The standard InChI is InChI=1S/C27H29FN2O3/c28-22-8-2-1-7-21(22)18-30-23-9-3-4-10-24(23)33-25(27(30)32)17-19-11-13-20(14-12-19)26(31)29-15-5-6-16-29/h1-2,7-8,11-14,17,23-24H,3-6,9-10,15-16,18H2/b25-17-. The van der Waals surface area contributed by atoms with Crippen LogP contribution < -0.4 is 0 Å². The minimum atomic E-state index is -0.298. The van der Waals surface area contributed by atoms with Crippen LogP contribution in [0.15, 0.2) is 54.3 Å². The third-order valence-electron chi connectivity index (χ3n) is 6.97. The molecule has 2 aromatic rings. The number of amides is 2. The number of ether oxygens (including phenoxy) is 1. The van der Waals surface area contributed by atoms with Crippen molar-refractivity contribution >= 4 is 17.9 Å². The van der Waals surface area contributed by atoms with E-state index in [0.29, 0.717) is 11.1 Å². The molecule has 2 aromatic carbocycles. The molecule has 2 atom stereocenters. The SMILES string of the molecule is O=C(c1ccc(/C=C2\OC3CCCCC3N(Cc3ccccc3F)C2=O)cc1)N1CCCC1. The second kappa shape index (κ2) is 9.38. The number of nitrogens with zero attached hydrogens (tertiary/aromatic N) is 2. The zero-order valence-electron chi connectivity index (χ0n) is 18.7. The molecule has 33 heavy (non-hydrogen) atoms. The number of halogens is 1. The number of carbonyl (C=O) groups excluding carboxylic acids is 2. The molecule has 0 aromatic heterocycles. The first-order chi connectivity index (χ1) is 16.1. The van der Waals surface area contributed by atoms with Gasteiger partial charge in [-0.3, -0.25) is 9.59 Å². The molecule has 1 aliphatic carbocycles. The lowest BCUT2D eigenvalue weighted by Gasteiger charge is -2.44. The number of likely N-dealkylation sites (tertiary alicyclic amines) is 1. The minimum absolute atomic E-state index is 0.0385. The van der Waals surface area contributed by atoms with Crippen molar-refractivity contribution in [1.29, 1.82) is 0 Å². The fraction of sp³-hybridized carbons (Fsp3) is 0.407. The summed E-state index contributed by atoms with van der Waals surface area (Å²) in [6, 6.07) is 13.9. The smallest absolute Gasteiger partial charge is 0.289 e. The van der Waals surface area contributed by atoms with Gasteiger partial charge in [0.25, 0.3) is 11.8 Å². The van der Waals surface area contributed by atoms with Gasteiger partial charge in [-0.1, -0.05) is 36.8 Å². The molecule has 0 radical (unpaired) electrons. The Morgan fingerprint density at radius 3 is 2.48 bits per heavy atom. The fourth-order valence-electron chi connectivity index (χ4n) is 5.15. The molecule has 2 saturated heterocycles. The van der Waals surface area contributed by atoms with Crippen LogP contribution in [0.5, 0.6) is 0 Å². The third-order valence-corrected chi connectivity index (χ3v) is 6.97. The van der Waals surface area contributed by atoms with E-state index in [-0.39, 0.29) is 42.1 Å². The molecule has 0 bridgehead atoms. The Hall–Kier alpha value is -3.15. The predicted molar refractivity (Wildman–Crippen MR) is 124 cm³/mol. The predicted octanol–water partition coefficient (Wildman–Crippen LogP) is 4.77. The van der Waals surface area contributed by atoms with Crippen LogP contribution >= 0.6 is 0 Å². The lowest BCUT2D eigenvalue weighted by atomic mass is 9.89. The summed E-state index contributed by atoms with van der Waals surface area (Å²) >= 11 is 0. The third kappa shape index (κ3) is 4.52. The number of carbonyl (C=O) groups is 2. The molecule has 3 fully saturated rings. The lowest BCUT2D eigenvalue weighted by Crippen LogP contribution is -2.54. The van der Waals surface area contributed by atoms with Crippen LogP contribution in [0.4, 0.5) is 4.39 Å². The lowest BCUT2D eigenvalue weighted by molar-refractivity contribution is -0.149.